The van der Waals surface area contributed by atoms with Crippen molar-refractivity contribution in [1.29, 1.82) is 0 Å². The van der Waals surface area contributed by atoms with E-state index in [-0.39, 0.29) is 5.41 Å². The Morgan fingerprint density at radius 3 is 2.17 bits per heavy atom. The van der Waals surface area contributed by atoms with Gasteiger partial charge < -0.3 is 0 Å². The molecule has 0 aromatic heterocycles. The van der Waals surface area contributed by atoms with E-state index in [2.05, 4.69) is 0 Å². The summed E-state index contributed by atoms with van der Waals surface area (Å²) in [6.07, 6.45) is 2.20. The molecule has 0 aromatic carbocycles. The number of Topliss-reactive ketones (excluding diaryl/α,β-unsaturated/α-hetero) is 1. The summed E-state index contributed by atoms with van der Waals surface area (Å²) in [5, 5.41) is 0. The van der Waals surface area contributed by atoms with Crippen molar-refractivity contribution in [2.24, 2.45) is 11.3 Å². The molecule has 0 unspecified atom stereocenters. The highest BCUT2D eigenvalue weighted by Gasteiger charge is 2.30. The van der Waals surface area contributed by atoms with Gasteiger partial charge in [-0.1, -0.05) is 20.8 Å². The molecule has 0 aliphatic carbocycles. The molecular weight excluding hydrogens is 168 g/mol. The van der Waals surface area contributed by atoms with E-state index in [1.54, 1.807) is 0 Å². The first-order chi connectivity index (χ1) is 5.52. The molecule has 1 fully saturated rings. The summed E-state index contributed by atoms with van der Waals surface area (Å²) in [6, 6.07) is 0. The standard InChI is InChI=1S/C10H18OS/c1-10(2,3)9(11)8-4-6-12-7-5-8/h8H,4-7H2,1-3H3. The third-order valence-electron chi connectivity index (χ3n) is 2.33. The number of carbonyl (C=O) groups excluding carboxylic acids is 1. The van der Waals surface area contributed by atoms with Gasteiger partial charge in [0.05, 0.1) is 0 Å². The van der Waals surface area contributed by atoms with Crippen molar-refractivity contribution in [1.82, 2.24) is 0 Å². The van der Waals surface area contributed by atoms with Crippen LogP contribution in [0.5, 0.6) is 0 Å². The zero-order valence-electron chi connectivity index (χ0n) is 8.22. The molecule has 0 spiro atoms. The molecule has 1 heterocycles. The number of hydrogen-bond acceptors (Lipinski definition) is 2. The third-order valence-corrected chi connectivity index (χ3v) is 3.38. The number of rotatable bonds is 1. The van der Waals surface area contributed by atoms with Crippen molar-refractivity contribution >= 4 is 17.5 Å². The van der Waals surface area contributed by atoms with Crippen LogP contribution in [-0.4, -0.2) is 17.3 Å². The van der Waals surface area contributed by atoms with E-state index in [0.29, 0.717) is 11.7 Å². The van der Waals surface area contributed by atoms with Crippen LogP contribution in [0.25, 0.3) is 0 Å². The van der Waals surface area contributed by atoms with E-state index in [1.807, 2.05) is 32.5 Å². The van der Waals surface area contributed by atoms with Crippen molar-refractivity contribution in [3.8, 4) is 0 Å². The van der Waals surface area contributed by atoms with Gasteiger partial charge in [-0.05, 0) is 24.3 Å². The number of thioether (sulfide) groups is 1. The maximum absolute atomic E-state index is 11.8. The van der Waals surface area contributed by atoms with Gasteiger partial charge in [0.15, 0.2) is 0 Å². The molecular formula is C10H18OS. The van der Waals surface area contributed by atoms with Crippen molar-refractivity contribution in [2.45, 2.75) is 33.6 Å². The number of ketones is 1. The minimum atomic E-state index is -0.132. The maximum Gasteiger partial charge on any atom is 0.141 e. The number of carbonyl (C=O) groups is 1. The first-order valence-corrected chi connectivity index (χ1v) is 5.79. The Bertz CT molecular complexity index is 163. The largest absolute Gasteiger partial charge is 0.299 e. The molecule has 0 saturated carbocycles. The Kier molecular flexibility index (Phi) is 3.22. The Morgan fingerprint density at radius 2 is 1.75 bits per heavy atom. The molecule has 0 amide bonds. The van der Waals surface area contributed by atoms with Crippen molar-refractivity contribution < 1.29 is 4.79 Å². The second kappa shape index (κ2) is 3.82. The first-order valence-electron chi connectivity index (χ1n) is 4.64. The lowest BCUT2D eigenvalue weighted by molar-refractivity contribution is -0.130. The molecule has 0 N–H and O–H groups in total. The molecule has 0 atom stereocenters. The Labute approximate surface area is 79.3 Å². The van der Waals surface area contributed by atoms with E-state index in [4.69, 9.17) is 0 Å². The van der Waals surface area contributed by atoms with Crippen molar-refractivity contribution in [2.75, 3.05) is 11.5 Å². The molecule has 1 aliphatic rings. The van der Waals surface area contributed by atoms with Crippen LogP contribution in [0, 0.1) is 11.3 Å². The van der Waals surface area contributed by atoms with E-state index >= 15 is 0 Å². The van der Waals surface area contributed by atoms with Gasteiger partial charge in [-0.15, -0.1) is 0 Å². The summed E-state index contributed by atoms with van der Waals surface area (Å²) < 4.78 is 0. The summed E-state index contributed by atoms with van der Waals surface area (Å²) in [5.41, 5.74) is -0.132. The monoisotopic (exact) mass is 186 g/mol. The molecule has 1 aliphatic heterocycles. The predicted octanol–water partition coefficient (Wildman–Crippen LogP) is 2.74. The predicted molar refractivity (Wildman–Crippen MR) is 54.5 cm³/mol. The lowest BCUT2D eigenvalue weighted by Crippen LogP contribution is -2.30. The van der Waals surface area contributed by atoms with Gasteiger partial charge in [-0.3, -0.25) is 4.79 Å². The van der Waals surface area contributed by atoms with Crippen molar-refractivity contribution in [3.05, 3.63) is 0 Å². The Balaban J connectivity index is 2.51. The zero-order valence-corrected chi connectivity index (χ0v) is 9.04. The van der Waals surface area contributed by atoms with Crippen LogP contribution in [0.1, 0.15) is 33.6 Å². The Hall–Kier alpha value is 0.0200. The van der Waals surface area contributed by atoms with Gasteiger partial charge in [0.2, 0.25) is 0 Å². The van der Waals surface area contributed by atoms with Gasteiger partial charge in [0.1, 0.15) is 5.78 Å². The van der Waals surface area contributed by atoms with Gasteiger partial charge in [0, 0.05) is 11.3 Å². The SMILES string of the molecule is CC(C)(C)C(=O)C1CCSCC1. The molecule has 70 valence electrons. The second-order valence-electron chi connectivity index (χ2n) is 4.50. The molecule has 0 radical (unpaired) electrons. The second-order valence-corrected chi connectivity index (χ2v) is 5.73. The van der Waals surface area contributed by atoms with Gasteiger partial charge >= 0.3 is 0 Å². The van der Waals surface area contributed by atoms with Gasteiger partial charge in [-0.25, -0.2) is 0 Å². The third kappa shape index (κ3) is 2.51. The van der Waals surface area contributed by atoms with E-state index < -0.39 is 0 Å². The quantitative estimate of drug-likeness (QED) is 0.626. The Morgan fingerprint density at radius 1 is 1.25 bits per heavy atom. The lowest BCUT2D eigenvalue weighted by Gasteiger charge is -2.27. The normalized spacial score (nSPS) is 20.9. The van der Waals surface area contributed by atoms with Crippen LogP contribution >= 0.6 is 11.8 Å². The smallest absolute Gasteiger partial charge is 0.141 e. The van der Waals surface area contributed by atoms with Crippen LogP contribution in [0.3, 0.4) is 0 Å². The minimum absolute atomic E-state index is 0.132. The fourth-order valence-electron chi connectivity index (χ4n) is 1.57. The van der Waals surface area contributed by atoms with Crippen LogP contribution in [0.4, 0.5) is 0 Å². The summed E-state index contributed by atoms with van der Waals surface area (Å²) in [5.74, 6) is 3.16. The molecule has 2 heteroatoms. The highest BCUT2D eigenvalue weighted by molar-refractivity contribution is 7.99. The molecule has 0 aromatic rings. The fourth-order valence-corrected chi connectivity index (χ4v) is 2.68. The summed E-state index contributed by atoms with van der Waals surface area (Å²) in [4.78, 5) is 11.8. The highest BCUT2D eigenvalue weighted by atomic mass is 32.2. The average Bonchev–Trinajstić information content (AvgIpc) is 2.03. The molecule has 1 nitrogen and oxygen atoms in total. The maximum atomic E-state index is 11.8. The minimum Gasteiger partial charge on any atom is -0.299 e. The molecule has 12 heavy (non-hydrogen) atoms. The summed E-state index contributed by atoms with van der Waals surface area (Å²) in [6.45, 7) is 6.07. The van der Waals surface area contributed by atoms with Crippen LogP contribution < -0.4 is 0 Å². The van der Waals surface area contributed by atoms with E-state index in [1.165, 1.54) is 11.5 Å². The van der Waals surface area contributed by atoms with Crippen LogP contribution in [0.15, 0.2) is 0 Å². The molecule has 0 bridgehead atoms. The number of hydrogen-bond donors (Lipinski definition) is 0. The summed E-state index contributed by atoms with van der Waals surface area (Å²) in [7, 11) is 0. The molecule has 1 rings (SSSR count). The zero-order chi connectivity index (χ0) is 9.19. The van der Waals surface area contributed by atoms with Gasteiger partial charge in [-0.2, -0.15) is 11.8 Å². The van der Waals surface area contributed by atoms with E-state index in [9.17, 15) is 4.79 Å². The van der Waals surface area contributed by atoms with Crippen LogP contribution in [-0.2, 0) is 4.79 Å². The lowest BCUT2D eigenvalue weighted by atomic mass is 9.80. The fraction of sp³-hybridized carbons (Fsp3) is 0.900. The highest BCUT2D eigenvalue weighted by Crippen LogP contribution is 2.29. The van der Waals surface area contributed by atoms with Gasteiger partial charge in [0.25, 0.3) is 0 Å². The van der Waals surface area contributed by atoms with Crippen molar-refractivity contribution in [3.63, 3.8) is 0 Å². The summed E-state index contributed by atoms with van der Waals surface area (Å²) >= 11 is 1.97. The molecule has 1 saturated heterocycles. The average molecular weight is 186 g/mol. The first kappa shape index (κ1) is 10.1. The van der Waals surface area contributed by atoms with E-state index in [0.717, 1.165) is 12.8 Å². The van der Waals surface area contributed by atoms with Crippen LogP contribution in [0.2, 0.25) is 0 Å². The topological polar surface area (TPSA) is 17.1 Å².